The van der Waals surface area contributed by atoms with Gasteiger partial charge in [-0.2, -0.15) is 10.2 Å². The van der Waals surface area contributed by atoms with Gasteiger partial charge in [-0.1, -0.05) is 19.3 Å². The maximum absolute atomic E-state index is 15.0. The van der Waals surface area contributed by atoms with E-state index in [4.69, 9.17) is 11.5 Å². The van der Waals surface area contributed by atoms with Crippen molar-refractivity contribution in [1.82, 2.24) is 25.0 Å². The van der Waals surface area contributed by atoms with Crippen LogP contribution in [0.4, 0.5) is 21.7 Å². The Labute approximate surface area is 197 Å². The Kier molecular flexibility index (Phi) is 7.01. The van der Waals surface area contributed by atoms with Crippen molar-refractivity contribution in [2.75, 3.05) is 10.6 Å². The van der Waals surface area contributed by atoms with Gasteiger partial charge in [0.15, 0.2) is 11.6 Å². The first-order valence-corrected chi connectivity index (χ1v) is 11.5. The molecule has 2 atom stereocenters. The van der Waals surface area contributed by atoms with Gasteiger partial charge in [0.2, 0.25) is 0 Å². The second kappa shape index (κ2) is 10.1. The summed E-state index contributed by atoms with van der Waals surface area (Å²) in [7, 11) is 0. The molecule has 0 saturated heterocycles. The van der Waals surface area contributed by atoms with Crippen molar-refractivity contribution in [3.05, 3.63) is 47.8 Å². The first kappa shape index (κ1) is 23.6. The lowest BCUT2D eigenvalue weighted by molar-refractivity contribution is 0.100. The van der Waals surface area contributed by atoms with E-state index in [1.54, 1.807) is 24.7 Å². The monoisotopic (exact) mass is 467 g/mol. The van der Waals surface area contributed by atoms with Crippen molar-refractivity contribution < 1.29 is 9.18 Å². The number of rotatable bonds is 8. The smallest absolute Gasteiger partial charge is 0.252 e. The van der Waals surface area contributed by atoms with Crippen LogP contribution in [0, 0.1) is 18.7 Å². The highest BCUT2D eigenvalue weighted by Crippen LogP contribution is 2.31. The van der Waals surface area contributed by atoms with Gasteiger partial charge in [0.1, 0.15) is 11.5 Å². The summed E-state index contributed by atoms with van der Waals surface area (Å²) in [5.74, 6) is -0.995. The lowest BCUT2D eigenvalue weighted by atomic mass is 9.81. The number of aromatic nitrogens is 5. The lowest BCUT2D eigenvalue weighted by Gasteiger charge is -2.34. The van der Waals surface area contributed by atoms with Crippen molar-refractivity contribution >= 4 is 23.2 Å². The predicted octanol–water partition coefficient (Wildman–Crippen LogP) is 3.06. The number of carbonyl (C=O) groups excluding carboxylic acids is 1. The molecule has 11 heteroatoms. The third kappa shape index (κ3) is 5.14. The molecule has 3 aromatic rings. The molecule has 1 amide bonds. The molecule has 0 aromatic carbocycles. The minimum atomic E-state index is -0.800. The van der Waals surface area contributed by atoms with Crippen LogP contribution in [0.25, 0.3) is 5.69 Å². The van der Waals surface area contributed by atoms with E-state index in [1.807, 2.05) is 13.8 Å². The number of aryl methyl sites for hydroxylation is 1. The number of hydrogen-bond acceptors (Lipinski definition) is 8. The standard InChI is InChI=1S/C23H30FN9O/c1-13(25)20(15-6-4-3-5-7-15)31-23-18(24)11-17(21(26)34)22(32-23)30-16-10-19(14(2)27-12-16)33-28-8-9-29-33/h8-13,15,20H,3-7,25H2,1-2H3,(H2,26,34)(H2,30,31,32)/t13-,20-/m0/s1. The molecule has 0 unspecified atom stereocenters. The van der Waals surface area contributed by atoms with E-state index in [-0.39, 0.29) is 29.3 Å². The number of pyridine rings is 2. The first-order valence-electron chi connectivity index (χ1n) is 11.5. The molecule has 10 nitrogen and oxygen atoms in total. The number of nitrogens with two attached hydrogens (primary N) is 2. The number of hydrogen-bond donors (Lipinski definition) is 4. The fourth-order valence-corrected chi connectivity index (χ4v) is 4.47. The summed E-state index contributed by atoms with van der Waals surface area (Å²) in [5, 5.41) is 14.5. The molecule has 0 spiro atoms. The van der Waals surface area contributed by atoms with E-state index in [0.29, 0.717) is 23.0 Å². The van der Waals surface area contributed by atoms with Gasteiger partial charge in [0.25, 0.3) is 5.91 Å². The summed E-state index contributed by atoms with van der Waals surface area (Å²) in [6.07, 6.45) is 10.2. The quantitative estimate of drug-likeness (QED) is 0.395. The van der Waals surface area contributed by atoms with Crippen LogP contribution in [-0.2, 0) is 0 Å². The summed E-state index contributed by atoms with van der Waals surface area (Å²) < 4.78 is 15.0. The normalized spacial score (nSPS) is 16.1. The number of anilines is 3. The second-order valence-corrected chi connectivity index (χ2v) is 8.78. The molecule has 34 heavy (non-hydrogen) atoms. The van der Waals surface area contributed by atoms with E-state index < -0.39 is 11.7 Å². The maximum Gasteiger partial charge on any atom is 0.252 e. The molecule has 0 bridgehead atoms. The number of nitrogens with zero attached hydrogens (tertiary/aromatic N) is 5. The van der Waals surface area contributed by atoms with Crippen LogP contribution in [0.1, 0.15) is 55.1 Å². The van der Waals surface area contributed by atoms with Crippen LogP contribution in [0.3, 0.4) is 0 Å². The number of primary amides is 1. The Morgan fingerprint density at radius 2 is 1.88 bits per heavy atom. The molecule has 3 aromatic heterocycles. The molecular weight excluding hydrogens is 437 g/mol. The predicted molar refractivity (Wildman–Crippen MR) is 128 cm³/mol. The highest BCUT2D eigenvalue weighted by atomic mass is 19.1. The zero-order chi connectivity index (χ0) is 24.2. The zero-order valence-electron chi connectivity index (χ0n) is 19.3. The molecule has 0 aliphatic heterocycles. The summed E-state index contributed by atoms with van der Waals surface area (Å²) in [4.78, 5) is 22.3. The minimum absolute atomic E-state index is 0.0226. The molecule has 3 heterocycles. The molecule has 1 saturated carbocycles. The van der Waals surface area contributed by atoms with Crippen LogP contribution < -0.4 is 22.1 Å². The van der Waals surface area contributed by atoms with Gasteiger partial charge >= 0.3 is 0 Å². The van der Waals surface area contributed by atoms with Gasteiger partial charge in [-0.15, -0.1) is 4.80 Å². The Bertz CT molecular complexity index is 1140. The molecule has 1 aliphatic carbocycles. The van der Waals surface area contributed by atoms with Crippen molar-refractivity contribution in [2.24, 2.45) is 17.4 Å². The van der Waals surface area contributed by atoms with Crippen molar-refractivity contribution in [2.45, 2.75) is 58.0 Å². The lowest BCUT2D eigenvalue weighted by Crippen LogP contribution is -2.44. The van der Waals surface area contributed by atoms with E-state index in [2.05, 4.69) is 30.8 Å². The van der Waals surface area contributed by atoms with E-state index in [1.165, 1.54) is 11.2 Å². The molecule has 180 valence electrons. The van der Waals surface area contributed by atoms with Crippen LogP contribution in [0.5, 0.6) is 0 Å². The van der Waals surface area contributed by atoms with Crippen molar-refractivity contribution in [1.29, 1.82) is 0 Å². The summed E-state index contributed by atoms with van der Waals surface area (Å²) >= 11 is 0. The van der Waals surface area contributed by atoms with E-state index in [0.717, 1.165) is 31.7 Å². The highest BCUT2D eigenvalue weighted by Gasteiger charge is 2.28. The SMILES string of the molecule is Cc1ncc(Nc2nc(N[C@H](C3CCCCC3)[C@H](C)N)c(F)cc2C(N)=O)cc1-n1nccn1. The van der Waals surface area contributed by atoms with Crippen LogP contribution in [-0.4, -0.2) is 43.0 Å². The Balaban J connectivity index is 1.66. The first-order chi connectivity index (χ1) is 16.3. The number of nitrogens with one attached hydrogen (secondary N) is 2. The number of carbonyl (C=O) groups is 1. The van der Waals surface area contributed by atoms with Gasteiger partial charge in [-0.3, -0.25) is 9.78 Å². The number of amides is 1. The summed E-state index contributed by atoms with van der Waals surface area (Å²) in [6, 6.07) is 2.50. The second-order valence-electron chi connectivity index (χ2n) is 8.78. The molecular formula is C23H30FN9O. The molecule has 1 aliphatic rings. The summed E-state index contributed by atoms with van der Waals surface area (Å²) in [6.45, 7) is 3.73. The third-order valence-corrected chi connectivity index (χ3v) is 6.23. The maximum atomic E-state index is 15.0. The fraction of sp³-hybridized carbons (Fsp3) is 0.435. The van der Waals surface area contributed by atoms with E-state index in [9.17, 15) is 9.18 Å². The van der Waals surface area contributed by atoms with Gasteiger partial charge in [0, 0.05) is 12.1 Å². The molecule has 6 N–H and O–H groups in total. The Hall–Kier alpha value is -3.60. The topological polar surface area (TPSA) is 150 Å². The van der Waals surface area contributed by atoms with Gasteiger partial charge in [0.05, 0.1) is 35.5 Å². The van der Waals surface area contributed by atoms with Crippen LogP contribution in [0.2, 0.25) is 0 Å². The summed E-state index contributed by atoms with van der Waals surface area (Å²) in [5.41, 5.74) is 13.6. The highest BCUT2D eigenvalue weighted by molar-refractivity contribution is 5.98. The van der Waals surface area contributed by atoms with E-state index >= 15 is 0 Å². The number of halogens is 1. The van der Waals surface area contributed by atoms with Crippen molar-refractivity contribution in [3.8, 4) is 5.69 Å². The Morgan fingerprint density at radius 3 is 2.53 bits per heavy atom. The Morgan fingerprint density at radius 1 is 1.18 bits per heavy atom. The van der Waals surface area contributed by atoms with Gasteiger partial charge in [-0.05, 0) is 44.7 Å². The average Bonchev–Trinajstić information content (AvgIpc) is 3.35. The zero-order valence-corrected chi connectivity index (χ0v) is 19.3. The minimum Gasteiger partial charge on any atom is -0.365 e. The molecule has 0 radical (unpaired) electrons. The van der Waals surface area contributed by atoms with Crippen LogP contribution >= 0.6 is 0 Å². The average molecular weight is 468 g/mol. The fourth-order valence-electron chi connectivity index (χ4n) is 4.47. The van der Waals surface area contributed by atoms with Crippen molar-refractivity contribution in [3.63, 3.8) is 0 Å². The third-order valence-electron chi connectivity index (χ3n) is 6.23. The molecule has 4 rings (SSSR count). The van der Waals surface area contributed by atoms with Gasteiger partial charge in [-0.25, -0.2) is 9.37 Å². The largest absolute Gasteiger partial charge is 0.365 e. The van der Waals surface area contributed by atoms with Gasteiger partial charge < -0.3 is 22.1 Å². The van der Waals surface area contributed by atoms with Crippen LogP contribution in [0.15, 0.2) is 30.7 Å². The molecule has 1 fully saturated rings.